The van der Waals surface area contributed by atoms with Crippen molar-refractivity contribution in [3.63, 3.8) is 0 Å². The molecule has 9 heteroatoms. The van der Waals surface area contributed by atoms with Gasteiger partial charge in [0.25, 0.3) is 0 Å². The van der Waals surface area contributed by atoms with Crippen molar-refractivity contribution >= 4 is 44.8 Å². The summed E-state index contributed by atoms with van der Waals surface area (Å²) < 4.78 is 32.2. The number of anilines is 1. The maximum atomic E-state index is 13.0. The van der Waals surface area contributed by atoms with Crippen molar-refractivity contribution < 1.29 is 17.9 Å². The lowest BCUT2D eigenvalue weighted by Gasteiger charge is -2.23. The molecule has 1 fully saturated rings. The Kier molecular flexibility index (Phi) is 5.95. The zero-order valence-electron chi connectivity index (χ0n) is 14.5. The molecular formula is C18H18Cl2N2O4S. The minimum Gasteiger partial charge on any atom is -0.497 e. The number of ether oxygens (including phenoxy) is 1. The lowest BCUT2D eigenvalue weighted by molar-refractivity contribution is -0.119. The Hall–Kier alpha value is -1.80. The zero-order chi connectivity index (χ0) is 19.6. The van der Waals surface area contributed by atoms with Crippen LogP contribution < -0.4 is 10.1 Å². The largest absolute Gasteiger partial charge is 0.497 e. The molecule has 1 amide bonds. The van der Waals surface area contributed by atoms with E-state index < -0.39 is 22.0 Å². The number of hydrogen-bond acceptors (Lipinski definition) is 4. The lowest BCUT2D eigenvalue weighted by Crippen LogP contribution is -2.43. The Morgan fingerprint density at radius 3 is 2.37 bits per heavy atom. The molecule has 0 aromatic heterocycles. The first kappa shape index (κ1) is 19.9. The maximum absolute atomic E-state index is 13.0. The molecule has 0 radical (unpaired) electrons. The monoisotopic (exact) mass is 428 g/mol. The highest BCUT2D eigenvalue weighted by Gasteiger charge is 2.39. The molecule has 1 aliphatic heterocycles. The topological polar surface area (TPSA) is 75.7 Å². The number of methoxy groups -OCH3 is 1. The van der Waals surface area contributed by atoms with Gasteiger partial charge in [0.15, 0.2) is 0 Å². The quantitative estimate of drug-likeness (QED) is 0.785. The zero-order valence-corrected chi connectivity index (χ0v) is 16.8. The van der Waals surface area contributed by atoms with Crippen LogP contribution in [0, 0.1) is 0 Å². The SMILES string of the molecule is COc1ccc(S(=O)(=O)N2CCC[C@H]2C(=O)Nc2cc(Cl)cc(Cl)c2)cc1. The second-order valence-corrected chi connectivity index (χ2v) is 8.86. The van der Waals surface area contributed by atoms with Crippen LogP contribution in [0.5, 0.6) is 5.75 Å². The predicted octanol–water partition coefficient (Wildman–Crippen LogP) is 3.79. The van der Waals surface area contributed by atoms with Gasteiger partial charge in [0, 0.05) is 22.3 Å². The molecule has 6 nitrogen and oxygen atoms in total. The van der Waals surface area contributed by atoms with Gasteiger partial charge in [0.2, 0.25) is 15.9 Å². The van der Waals surface area contributed by atoms with Crippen LogP contribution in [0.1, 0.15) is 12.8 Å². The minimum absolute atomic E-state index is 0.119. The fraction of sp³-hybridized carbons (Fsp3) is 0.278. The van der Waals surface area contributed by atoms with Crippen molar-refractivity contribution in [2.75, 3.05) is 19.0 Å². The second kappa shape index (κ2) is 8.06. The Bertz CT molecular complexity index is 928. The van der Waals surface area contributed by atoms with Crippen LogP contribution in [0.4, 0.5) is 5.69 Å². The van der Waals surface area contributed by atoms with Crippen LogP contribution in [0.25, 0.3) is 0 Å². The van der Waals surface area contributed by atoms with Crippen LogP contribution >= 0.6 is 23.2 Å². The average Bonchev–Trinajstić information content (AvgIpc) is 3.11. The van der Waals surface area contributed by atoms with Gasteiger partial charge >= 0.3 is 0 Å². The number of benzene rings is 2. The van der Waals surface area contributed by atoms with E-state index in [2.05, 4.69) is 5.32 Å². The number of amides is 1. The molecule has 0 unspecified atom stereocenters. The van der Waals surface area contributed by atoms with Gasteiger partial charge in [-0.05, 0) is 55.3 Å². The highest BCUT2D eigenvalue weighted by molar-refractivity contribution is 7.89. The van der Waals surface area contributed by atoms with E-state index in [1.807, 2.05) is 0 Å². The van der Waals surface area contributed by atoms with Crippen LogP contribution in [0.3, 0.4) is 0 Å². The number of carbonyl (C=O) groups excluding carboxylic acids is 1. The highest BCUT2D eigenvalue weighted by Crippen LogP contribution is 2.29. The average molecular weight is 429 g/mol. The summed E-state index contributed by atoms with van der Waals surface area (Å²) >= 11 is 11.9. The number of sulfonamides is 1. The van der Waals surface area contributed by atoms with Crippen LogP contribution in [-0.2, 0) is 14.8 Å². The van der Waals surface area contributed by atoms with Crippen molar-refractivity contribution in [1.29, 1.82) is 0 Å². The molecule has 0 saturated carbocycles. The van der Waals surface area contributed by atoms with Gasteiger partial charge in [0.1, 0.15) is 11.8 Å². The van der Waals surface area contributed by atoms with Crippen molar-refractivity contribution in [3.8, 4) is 5.75 Å². The third-order valence-electron chi connectivity index (χ3n) is 4.30. The van der Waals surface area contributed by atoms with Crippen molar-refractivity contribution in [2.24, 2.45) is 0 Å². The van der Waals surface area contributed by atoms with Gasteiger partial charge < -0.3 is 10.1 Å². The molecule has 27 heavy (non-hydrogen) atoms. The third kappa shape index (κ3) is 4.38. The molecule has 2 aromatic rings. The maximum Gasteiger partial charge on any atom is 0.243 e. The van der Waals surface area contributed by atoms with Crippen LogP contribution in [0.2, 0.25) is 10.0 Å². The molecule has 0 spiro atoms. The van der Waals surface area contributed by atoms with Gasteiger partial charge in [-0.2, -0.15) is 4.31 Å². The van der Waals surface area contributed by atoms with Gasteiger partial charge in [-0.1, -0.05) is 23.2 Å². The molecule has 1 heterocycles. The number of hydrogen-bond donors (Lipinski definition) is 1. The molecule has 1 saturated heterocycles. The Labute approximate surface area is 168 Å². The first-order valence-electron chi connectivity index (χ1n) is 8.24. The fourth-order valence-electron chi connectivity index (χ4n) is 3.02. The Balaban J connectivity index is 1.82. The standard InChI is InChI=1S/C18H18Cl2N2O4S/c1-26-15-4-6-16(7-5-15)27(24,25)22-8-2-3-17(22)18(23)21-14-10-12(19)9-13(20)11-14/h4-7,9-11,17H,2-3,8H2,1H3,(H,21,23)/t17-/m0/s1. The molecule has 144 valence electrons. The molecule has 2 aromatic carbocycles. The number of rotatable bonds is 5. The van der Waals surface area contributed by atoms with Gasteiger partial charge in [-0.25, -0.2) is 8.42 Å². The van der Waals surface area contributed by atoms with Crippen LogP contribution in [-0.4, -0.2) is 38.3 Å². The molecule has 1 atom stereocenters. The summed E-state index contributed by atoms with van der Waals surface area (Å²) in [7, 11) is -2.30. The van der Waals surface area contributed by atoms with E-state index >= 15 is 0 Å². The fourth-order valence-corrected chi connectivity index (χ4v) is 5.21. The summed E-state index contributed by atoms with van der Waals surface area (Å²) in [5.41, 5.74) is 0.422. The minimum atomic E-state index is -3.80. The number of carbonyl (C=O) groups is 1. The molecule has 0 bridgehead atoms. The van der Waals surface area contributed by atoms with E-state index in [4.69, 9.17) is 27.9 Å². The van der Waals surface area contributed by atoms with Gasteiger partial charge in [-0.3, -0.25) is 4.79 Å². The third-order valence-corrected chi connectivity index (χ3v) is 6.66. The first-order valence-corrected chi connectivity index (χ1v) is 10.4. The molecule has 1 N–H and O–H groups in total. The normalized spacial score (nSPS) is 17.7. The van der Waals surface area contributed by atoms with Crippen molar-refractivity contribution in [1.82, 2.24) is 4.31 Å². The van der Waals surface area contributed by atoms with Gasteiger partial charge in [-0.15, -0.1) is 0 Å². The van der Waals surface area contributed by atoms with Gasteiger partial charge in [0.05, 0.1) is 12.0 Å². The number of nitrogens with zero attached hydrogens (tertiary/aromatic N) is 1. The van der Waals surface area contributed by atoms with E-state index in [1.54, 1.807) is 30.3 Å². The summed E-state index contributed by atoms with van der Waals surface area (Å²) in [4.78, 5) is 12.8. The summed E-state index contributed by atoms with van der Waals surface area (Å²) in [5, 5.41) is 3.47. The molecule has 3 rings (SSSR count). The lowest BCUT2D eigenvalue weighted by atomic mass is 10.2. The van der Waals surface area contributed by atoms with Crippen molar-refractivity contribution in [2.45, 2.75) is 23.8 Å². The first-order chi connectivity index (χ1) is 12.8. The van der Waals surface area contributed by atoms with Crippen molar-refractivity contribution in [3.05, 3.63) is 52.5 Å². The second-order valence-electron chi connectivity index (χ2n) is 6.10. The van der Waals surface area contributed by atoms with E-state index in [-0.39, 0.29) is 11.4 Å². The van der Waals surface area contributed by atoms with E-state index in [0.717, 1.165) is 0 Å². The predicted molar refractivity (Wildman–Crippen MR) is 105 cm³/mol. The molecular weight excluding hydrogens is 411 g/mol. The summed E-state index contributed by atoms with van der Waals surface area (Å²) in [6.07, 6.45) is 1.04. The number of halogens is 2. The Morgan fingerprint density at radius 2 is 1.78 bits per heavy atom. The molecule has 0 aliphatic carbocycles. The van der Waals surface area contributed by atoms with Crippen LogP contribution in [0.15, 0.2) is 47.4 Å². The summed E-state index contributed by atoms with van der Waals surface area (Å²) in [6, 6.07) is 9.96. The van der Waals surface area contributed by atoms with E-state index in [1.165, 1.54) is 23.5 Å². The Morgan fingerprint density at radius 1 is 1.15 bits per heavy atom. The summed E-state index contributed by atoms with van der Waals surface area (Å²) in [5.74, 6) is 0.144. The van der Waals surface area contributed by atoms with E-state index in [0.29, 0.717) is 34.3 Å². The highest BCUT2D eigenvalue weighted by atomic mass is 35.5. The van der Waals surface area contributed by atoms with E-state index in [9.17, 15) is 13.2 Å². The number of nitrogens with one attached hydrogen (secondary N) is 1. The molecule has 1 aliphatic rings. The smallest absolute Gasteiger partial charge is 0.243 e. The summed E-state index contributed by atoms with van der Waals surface area (Å²) in [6.45, 7) is 0.281.